The number of benzene rings is 1. The fourth-order valence-corrected chi connectivity index (χ4v) is 1.53. The maximum Gasteiger partial charge on any atom is 0.416 e. The van der Waals surface area contributed by atoms with Gasteiger partial charge in [0.2, 0.25) is 0 Å². The third-order valence-electron chi connectivity index (χ3n) is 2.42. The molecule has 20 heavy (non-hydrogen) atoms. The summed E-state index contributed by atoms with van der Waals surface area (Å²) in [5.41, 5.74) is -3.26. The normalized spacial score (nSPS) is 14.0. The molecule has 112 valence electrons. The SMILES string of the molecule is CC(=O)O[C@H](C)c1cc(C(F)(F)F)cc(C(F)(F)F)c1. The van der Waals surface area contributed by atoms with E-state index in [-0.39, 0.29) is 11.6 Å². The van der Waals surface area contributed by atoms with Gasteiger partial charge in [-0.05, 0) is 30.7 Å². The molecule has 0 heterocycles. The molecule has 0 aliphatic rings. The lowest BCUT2D eigenvalue weighted by Crippen LogP contribution is -2.14. The second-order valence-corrected chi connectivity index (χ2v) is 4.09. The first-order chi connectivity index (χ1) is 8.91. The molecule has 0 aromatic heterocycles. The van der Waals surface area contributed by atoms with Crippen LogP contribution in [0.1, 0.15) is 36.6 Å². The third kappa shape index (κ3) is 4.14. The molecule has 1 aromatic rings. The lowest BCUT2D eigenvalue weighted by Gasteiger charge is -2.17. The molecule has 0 aliphatic carbocycles. The van der Waals surface area contributed by atoms with Gasteiger partial charge in [-0.15, -0.1) is 0 Å². The lowest BCUT2D eigenvalue weighted by atomic mass is 10.0. The summed E-state index contributed by atoms with van der Waals surface area (Å²) < 4.78 is 80.1. The second-order valence-electron chi connectivity index (χ2n) is 4.09. The van der Waals surface area contributed by atoms with Gasteiger partial charge >= 0.3 is 18.3 Å². The van der Waals surface area contributed by atoms with Crippen molar-refractivity contribution in [3.05, 3.63) is 34.9 Å². The highest BCUT2D eigenvalue weighted by Gasteiger charge is 2.37. The van der Waals surface area contributed by atoms with Crippen LogP contribution >= 0.6 is 0 Å². The van der Waals surface area contributed by atoms with E-state index in [2.05, 4.69) is 4.74 Å². The number of halogens is 6. The minimum Gasteiger partial charge on any atom is -0.458 e. The smallest absolute Gasteiger partial charge is 0.416 e. The Hall–Kier alpha value is -1.73. The Bertz CT molecular complexity index is 471. The van der Waals surface area contributed by atoms with Gasteiger partial charge in [-0.2, -0.15) is 26.3 Å². The molecule has 8 heteroatoms. The van der Waals surface area contributed by atoms with E-state index in [1.807, 2.05) is 0 Å². The van der Waals surface area contributed by atoms with Crippen molar-refractivity contribution in [1.29, 1.82) is 0 Å². The molecule has 0 saturated heterocycles. The summed E-state index contributed by atoms with van der Waals surface area (Å²) >= 11 is 0. The lowest BCUT2D eigenvalue weighted by molar-refractivity contribution is -0.145. The highest BCUT2D eigenvalue weighted by Crippen LogP contribution is 2.37. The molecule has 0 amide bonds. The zero-order valence-corrected chi connectivity index (χ0v) is 10.4. The number of ether oxygens (including phenoxy) is 1. The number of carbonyl (C=O) groups is 1. The Balaban J connectivity index is 3.34. The summed E-state index contributed by atoms with van der Waals surface area (Å²) in [5.74, 6) is -0.802. The van der Waals surface area contributed by atoms with Gasteiger partial charge in [-0.3, -0.25) is 4.79 Å². The number of hydrogen-bond donors (Lipinski definition) is 0. The van der Waals surface area contributed by atoms with E-state index in [0.717, 1.165) is 6.92 Å². The molecule has 1 rings (SSSR count). The van der Waals surface area contributed by atoms with E-state index in [1.165, 1.54) is 6.92 Å². The van der Waals surface area contributed by atoms with Crippen LogP contribution in [0.2, 0.25) is 0 Å². The van der Waals surface area contributed by atoms with E-state index in [4.69, 9.17) is 0 Å². The Kier molecular flexibility index (Phi) is 4.36. The molecule has 0 unspecified atom stereocenters. The van der Waals surface area contributed by atoms with Crippen LogP contribution in [-0.4, -0.2) is 5.97 Å². The van der Waals surface area contributed by atoms with Gasteiger partial charge in [0.1, 0.15) is 6.10 Å². The number of rotatable bonds is 2. The molecule has 2 nitrogen and oxygen atoms in total. The molecule has 1 atom stereocenters. The third-order valence-corrected chi connectivity index (χ3v) is 2.42. The number of alkyl halides is 6. The van der Waals surface area contributed by atoms with Crippen molar-refractivity contribution in [2.24, 2.45) is 0 Å². The van der Waals surface area contributed by atoms with Gasteiger partial charge in [-0.25, -0.2) is 0 Å². The summed E-state index contributed by atoms with van der Waals surface area (Å²) in [6.45, 7) is 2.20. The standard InChI is InChI=1S/C12H10F6O2/c1-6(20-7(2)19)8-3-9(11(13,14)15)5-10(4-8)12(16,17)18/h3-6H,1-2H3/t6-/m1/s1. The Morgan fingerprint density at radius 1 is 1.00 bits per heavy atom. The van der Waals surface area contributed by atoms with Gasteiger partial charge in [0, 0.05) is 6.92 Å². The fourth-order valence-electron chi connectivity index (χ4n) is 1.53. The van der Waals surface area contributed by atoms with Crippen LogP contribution in [0.25, 0.3) is 0 Å². The molecule has 0 saturated carbocycles. The largest absolute Gasteiger partial charge is 0.458 e. The predicted octanol–water partition coefficient (Wildman–Crippen LogP) is 4.35. The van der Waals surface area contributed by atoms with Crippen molar-refractivity contribution in [3.8, 4) is 0 Å². The van der Waals surface area contributed by atoms with Crippen LogP contribution in [0.3, 0.4) is 0 Å². The first-order valence-corrected chi connectivity index (χ1v) is 5.38. The molecular weight excluding hydrogens is 290 g/mol. The molecule has 0 bridgehead atoms. The zero-order chi connectivity index (χ0) is 15.7. The van der Waals surface area contributed by atoms with E-state index in [9.17, 15) is 31.1 Å². The molecule has 0 aliphatic heterocycles. The predicted molar refractivity (Wildman–Crippen MR) is 56.6 cm³/mol. The van der Waals surface area contributed by atoms with Crippen LogP contribution < -0.4 is 0 Å². The molecule has 0 radical (unpaired) electrons. The highest BCUT2D eigenvalue weighted by atomic mass is 19.4. The van der Waals surface area contributed by atoms with Gasteiger partial charge in [0.15, 0.2) is 0 Å². The second kappa shape index (κ2) is 5.34. The van der Waals surface area contributed by atoms with Crippen LogP contribution in [0.4, 0.5) is 26.3 Å². The maximum atomic E-state index is 12.6. The number of hydrogen-bond acceptors (Lipinski definition) is 2. The van der Waals surface area contributed by atoms with Crippen LogP contribution in [0.15, 0.2) is 18.2 Å². The van der Waals surface area contributed by atoms with Gasteiger partial charge < -0.3 is 4.74 Å². The summed E-state index contributed by atoms with van der Waals surface area (Å²) in [4.78, 5) is 10.7. The van der Waals surface area contributed by atoms with Crippen molar-refractivity contribution in [2.45, 2.75) is 32.3 Å². The van der Waals surface area contributed by atoms with Crippen molar-refractivity contribution >= 4 is 5.97 Å². The van der Waals surface area contributed by atoms with Crippen molar-refractivity contribution < 1.29 is 35.9 Å². The molecule has 0 N–H and O–H groups in total. The number of carbonyl (C=O) groups excluding carboxylic acids is 1. The fraction of sp³-hybridized carbons (Fsp3) is 0.417. The summed E-state index contributed by atoms with van der Waals surface area (Å²) in [7, 11) is 0. The van der Waals surface area contributed by atoms with Crippen molar-refractivity contribution in [3.63, 3.8) is 0 Å². The van der Waals surface area contributed by atoms with Gasteiger partial charge in [-0.1, -0.05) is 0 Å². The van der Waals surface area contributed by atoms with Crippen LogP contribution in [0.5, 0.6) is 0 Å². The van der Waals surface area contributed by atoms with Crippen LogP contribution in [0, 0.1) is 0 Å². The first-order valence-electron chi connectivity index (χ1n) is 5.38. The van der Waals surface area contributed by atoms with Gasteiger partial charge in [0.05, 0.1) is 11.1 Å². The van der Waals surface area contributed by atoms with Gasteiger partial charge in [0.25, 0.3) is 0 Å². The molecule has 0 fully saturated rings. The Morgan fingerprint density at radius 3 is 1.70 bits per heavy atom. The van der Waals surface area contributed by atoms with E-state index in [1.54, 1.807) is 0 Å². The summed E-state index contributed by atoms with van der Waals surface area (Å²) in [6, 6.07) is 1.08. The Morgan fingerprint density at radius 2 is 1.40 bits per heavy atom. The van der Waals surface area contributed by atoms with E-state index >= 15 is 0 Å². The monoisotopic (exact) mass is 300 g/mol. The first kappa shape index (κ1) is 16.3. The van der Waals surface area contributed by atoms with Crippen molar-refractivity contribution in [1.82, 2.24) is 0 Å². The average Bonchev–Trinajstić information content (AvgIpc) is 2.25. The average molecular weight is 300 g/mol. The highest BCUT2D eigenvalue weighted by molar-refractivity contribution is 5.66. The van der Waals surface area contributed by atoms with Crippen molar-refractivity contribution in [2.75, 3.05) is 0 Å². The molecule has 1 aromatic carbocycles. The zero-order valence-electron chi connectivity index (χ0n) is 10.4. The Labute approximate surface area is 110 Å². The molecular formula is C12H10F6O2. The summed E-state index contributed by atoms with van der Waals surface area (Å²) in [5, 5.41) is 0. The van der Waals surface area contributed by atoms with Crippen LogP contribution in [-0.2, 0) is 21.9 Å². The molecule has 0 spiro atoms. The quantitative estimate of drug-likeness (QED) is 0.599. The minimum absolute atomic E-state index is 0.0178. The van der Waals surface area contributed by atoms with E-state index < -0.39 is 35.6 Å². The maximum absolute atomic E-state index is 12.6. The van der Waals surface area contributed by atoms with E-state index in [0.29, 0.717) is 12.1 Å². The summed E-state index contributed by atoms with van der Waals surface area (Å²) in [6.07, 6.45) is -11.1. The minimum atomic E-state index is -4.92. The number of esters is 1. The topological polar surface area (TPSA) is 26.3 Å².